The molecule has 3 aromatic rings. The Labute approximate surface area is 198 Å². The number of halogens is 5. The summed E-state index contributed by atoms with van der Waals surface area (Å²) in [5.74, 6) is -0.942. The quantitative estimate of drug-likeness (QED) is 0.289. The molecule has 2 heterocycles. The van der Waals surface area contributed by atoms with Crippen molar-refractivity contribution in [2.75, 3.05) is 0 Å². The topological polar surface area (TPSA) is 70.9 Å². The van der Waals surface area contributed by atoms with Crippen LogP contribution in [-0.4, -0.2) is 31.3 Å². The Kier molecular flexibility index (Phi) is 6.37. The third-order valence-electron chi connectivity index (χ3n) is 6.00. The van der Waals surface area contributed by atoms with Gasteiger partial charge in [0.1, 0.15) is 5.82 Å². The Balaban J connectivity index is 1.92. The molecule has 2 N–H and O–H groups in total. The van der Waals surface area contributed by atoms with Crippen LogP contribution in [0.15, 0.2) is 30.6 Å². The van der Waals surface area contributed by atoms with Crippen LogP contribution in [0.3, 0.4) is 0 Å². The Morgan fingerprint density at radius 2 is 1.97 bits per heavy atom. The first-order valence-electron chi connectivity index (χ1n) is 10.9. The largest absolute Gasteiger partial charge is 0.433 e. The van der Waals surface area contributed by atoms with Gasteiger partial charge >= 0.3 is 6.18 Å². The number of carbonyl (C=O) groups is 1. The van der Waals surface area contributed by atoms with Gasteiger partial charge in [0.15, 0.2) is 11.5 Å². The van der Waals surface area contributed by atoms with E-state index in [9.17, 15) is 27.5 Å². The van der Waals surface area contributed by atoms with Crippen molar-refractivity contribution in [2.45, 2.75) is 57.9 Å². The fourth-order valence-electron chi connectivity index (χ4n) is 4.29. The first-order chi connectivity index (χ1) is 15.9. The van der Waals surface area contributed by atoms with Crippen LogP contribution < -0.4 is 0 Å². The summed E-state index contributed by atoms with van der Waals surface area (Å²) in [7, 11) is 0. The SMILES string of the molecule is CC(C)(O)Cn1ncc(-c2[nH]cc(-c3c(F)cccc3Cl)c2C(=O)CC2CCC2)c1C(F)(F)F. The molecule has 10 heteroatoms. The van der Waals surface area contributed by atoms with Crippen LogP contribution in [-0.2, 0) is 12.7 Å². The van der Waals surface area contributed by atoms with Crippen molar-refractivity contribution in [1.29, 1.82) is 0 Å². The van der Waals surface area contributed by atoms with Crippen LogP contribution in [0.1, 0.15) is 55.6 Å². The average Bonchev–Trinajstić information content (AvgIpc) is 3.27. The van der Waals surface area contributed by atoms with Gasteiger partial charge < -0.3 is 10.1 Å². The molecule has 1 aromatic carbocycles. The van der Waals surface area contributed by atoms with Crippen molar-refractivity contribution in [2.24, 2.45) is 5.92 Å². The maximum absolute atomic E-state index is 14.8. The number of aliphatic hydroxyl groups is 1. The molecule has 0 atom stereocenters. The molecule has 0 spiro atoms. The number of carbonyl (C=O) groups excluding carboxylic acids is 1. The van der Waals surface area contributed by atoms with E-state index in [2.05, 4.69) is 10.1 Å². The van der Waals surface area contributed by atoms with E-state index in [1.165, 1.54) is 38.2 Å². The van der Waals surface area contributed by atoms with Crippen LogP contribution in [0.5, 0.6) is 0 Å². The summed E-state index contributed by atoms with van der Waals surface area (Å²) in [5, 5.41) is 14.0. The number of hydrogen-bond donors (Lipinski definition) is 2. The van der Waals surface area contributed by atoms with E-state index in [0.29, 0.717) is 4.68 Å². The zero-order valence-corrected chi connectivity index (χ0v) is 19.4. The smallest absolute Gasteiger partial charge is 0.389 e. The molecule has 0 unspecified atom stereocenters. The predicted molar refractivity (Wildman–Crippen MR) is 120 cm³/mol. The molecule has 0 bridgehead atoms. The van der Waals surface area contributed by atoms with Gasteiger partial charge in [-0.3, -0.25) is 9.48 Å². The molecule has 1 saturated carbocycles. The number of alkyl halides is 3. The molecule has 1 fully saturated rings. The molecule has 182 valence electrons. The molecule has 1 aliphatic carbocycles. The van der Waals surface area contributed by atoms with Gasteiger partial charge in [0.2, 0.25) is 0 Å². The standard InChI is InChI=1S/C24H24ClF4N3O2/c1-23(2,34)12-32-22(24(27,28)29)15(11-31-32)21-20(18(33)9-13-5-3-6-13)14(10-30-21)19-16(25)7-4-8-17(19)26/h4,7-8,10-11,13,30,34H,3,5-6,9,12H2,1-2H3. The first kappa shape index (κ1) is 24.5. The summed E-state index contributed by atoms with van der Waals surface area (Å²) in [6.45, 7) is 2.32. The zero-order chi connectivity index (χ0) is 24.8. The van der Waals surface area contributed by atoms with Crippen molar-refractivity contribution in [3.8, 4) is 22.4 Å². The van der Waals surface area contributed by atoms with E-state index in [1.807, 2.05) is 0 Å². The second-order valence-electron chi connectivity index (χ2n) is 9.35. The minimum atomic E-state index is -4.83. The Morgan fingerprint density at radius 1 is 1.26 bits per heavy atom. The van der Waals surface area contributed by atoms with Gasteiger partial charge in [-0.05, 0) is 31.9 Å². The van der Waals surface area contributed by atoms with Crippen LogP contribution in [0.2, 0.25) is 5.02 Å². The number of Topliss-reactive ketones (excluding diaryl/α,β-unsaturated/α-hetero) is 1. The van der Waals surface area contributed by atoms with Gasteiger partial charge in [0.05, 0.1) is 34.6 Å². The highest BCUT2D eigenvalue weighted by atomic mass is 35.5. The normalized spacial score (nSPS) is 14.9. The molecule has 0 amide bonds. The number of hydrogen-bond acceptors (Lipinski definition) is 3. The monoisotopic (exact) mass is 497 g/mol. The van der Waals surface area contributed by atoms with Crippen molar-refractivity contribution in [3.05, 3.63) is 52.7 Å². The number of nitrogens with zero attached hydrogens (tertiary/aromatic N) is 2. The van der Waals surface area contributed by atoms with Gasteiger partial charge in [0.25, 0.3) is 0 Å². The van der Waals surface area contributed by atoms with Crippen LogP contribution in [0, 0.1) is 11.7 Å². The van der Waals surface area contributed by atoms with E-state index in [0.717, 1.165) is 25.5 Å². The number of aromatic nitrogens is 3. The van der Waals surface area contributed by atoms with E-state index in [-0.39, 0.29) is 45.3 Å². The highest BCUT2D eigenvalue weighted by Crippen LogP contribution is 2.43. The molecule has 0 aliphatic heterocycles. The highest BCUT2D eigenvalue weighted by molar-refractivity contribution is 6.33. The summed E-state index contributed by atoms with van der Waals surface area (Å²) in [5.41, 5.74) is -3.03. The summed E-state index contributed by atoms with van der Waals surface area (Å²) in [6.07, 6.45) is 0.340. The van der Waals surface area contributed by atoms with Crippen LogP contribution in [0.4, 0.5) is 17.6 Å². The Hall–Kier alpha value is -2.65. The molecule has 2 aromatic heterocycles. The van der Waals surface area contributed by atoms with Gasteiger partial charge in [-0.15, -0.1) is 0 Å². The maximum atomic E-state index is 14.8. The lowest BCUT2D eigenvalue weighted by Crippen LogP contribution is -2.29. The van der Waals surface area contributed by atoms with E-state index in [1.54, 1.807) is 0 Å². The molecule has 5 nitrogen and oxygen atoms in total. The Morgan fingerprint density at radius 3 is 2.53 bits per heavy atom. The number of rotatable bonds is 7. The molecule has 0 saturated heterocycles. The maximum Gasteiger partial charge on any atom is 0.433 e. The van der Waals surface area contributed by atoms with Crippen molar-refractivity contribution in [3.63, 3.8) is 0 Å². The minimum Gasteiger partial charge on any atom is -0.389 e. The lowest BCUT2D eigenvalue weighted by atomic mass is 9.80. The van der Waals surface area contributed by atoms with Crippen molar-refractivity contribution >= 4 is 17.4 Å². The molecule has 4 rings (SSSR count). The van der Waals surface area contributed by atoms with Gasteiger partial charge in [-0.1, -0.05) is 36.9 Å². The first-order valence-corrected chi connectivity index (χ1v) is 11.3. The number of ketones is 1. The van der Waals surface area contributed by atoms with Crippen molar-refractivity contribution < 1.29 is 27.5 Å². The second-order valence-corrected chi connectivity index (χ2v) is 9.76. The van der Waals surface area contributed by atoms with E-state index < -0.39 is 35.6 Å². The highest BCUT2D eigenvalue weighted by Gasteiger charge is 2.41. The minimum absolute atomic E-state index is 0.0389. The lowest BCUT2D eigenvalue weighted by Gasteiger charge is -2.24. The van der Waals surface area contributed by atoms with Crippen LogP contribution >= 0.6 is 11.6 Å². The third-order valence-corrected chi connectivity index (χ3v) is 6.32. The summed E-state index contributed by atoms with van der Waals surface area (Å²) in [4.78, 5) is 16.1. The molecule has 34 heavy (non-hydrogen) atoms. The number of aromatic amines is 1. The molecule has 1 aliphatic rings. The lowest BCUT2D eigenvalue weighted by molar-refractivity contribution is -0.144. The van der Waals surface area contributed by atoms with E-state index >= 15 is 0 Å². The van der Waals surface area contributed by atoms with E-state index in [4.69, 9.17) is 11.6 Å². The molecule has 0 radical (unpaired) electrons. The second kappa shape index (κ2) is 8.85. The van der Waals surface area contributed by atoms with Crippen LogP contribution in [0.25, 0.3) is 22.4 Å². The van der Waals surface area contributed by atoms with Gasteiger partial charge in [-0.25, -0.2) is 4.39 Å². The summed E-state index contributed by atoms with van der Waals surface area (Å²) >= 11 is 6.23. The van der Waals surface area contributed by atoms with Crippen molar-refractivity contribution in [1.82, 2.24) is 14.8 Å². The fourth-order valence-corrected chi connectivity index (χ4v) is 4.56. The predicted octanol–water partition coefficient (Wildman–Crippen LogP) is 6.50. The molecular weight excluding hydrogens is 474 g/mol. The number of benzene rings is 1. The van der Waals surface area contributed by atoms with Gasteiger partial charge in [-0.2, -0.15) is 18.3 Å². The zero-order valence-electron chi connectivity index (χ0n) is 18.6. The average molecular weight is 498 g/mol. The summed E-state index contributed by atoms with van der Waals surface area (Å²) in [6, 6.07) is 4.04. The number of nitrogens with one attached hydrogen (secondary N) is 1. The number of H-pyrrole nitrogens is 1. The van der Waals surface area contributed by atoms with Gasteiger partial charge in [0, 0.05) is 29.3 Å². The third kappa shape index (κ3) is 4.77. The summed E-state index contributed by atoms with van der Waals surface area (Å²) < 4.78 is 57.9. The molecular formula is C24H24ClF4N3O2. The fraction of sp³-hybridized carbons (Fsp3) is 0.417. The Bertz CT molecular complexity index is 1200.